The minimum atomic E-state index is -0.172. The minimum absolute atomic E-state index is 0. The first-order valence-electron chi connectivity index (χ1n) is 5.46. The van der Waals surface area contributed by atoms with Gasteiger partial charge < -0.3 is 5.73 Å². The molecule has 4 heteroatoms. The van der Waals surface area contributed by atoms with Crippen molar-refractivity contribution in [3.05, 3.63) is 35.6 Å². The van der Waals surface area contributed by atoms with Crippen molar-refractivity contribution in [2.75, 3.05) is 13.1 Å². The van der Waals surface area contributed by atoms with Crippen molar-refractivity contribution in [1.82, 2.24) is 4.90 Å². The van der Waals surface area contributed by atoms with E-state index >= 15 is 0 Å². The number of piperidine rings is 1. The predicted octanol–water partition coefficient (Wildman–Crippen LogP) is 2.17. The van der Waals surface area contributed by atoms with Crippen molar-refractivity contribution in [2.45, 2.75) is 25.4 Å². The second-order valence-corrected chi connectivity index (χ2v) is 4.26. The van der Waals surface area contributed by atoms with Crippen molar-refractivity contribution in [3.8, 4) is 0 Å². The molecule has 0 unspecified atom stereocenters. The van der Waals surface area contributed by atoms with Crippen molar-refractivity contribution >= 4 is 12.4 Å². The third-order valence-electron chi connectivity index (χ3n) is 2.86. The lowest BCUT2D eigenvalue weighted by Gasteiger charge is -2.30. The van der Waals surface area contributed by atoms with Gasteiger partial charge in [0.1, 0.15) is 5.82 Å². The first-order chi connectivity index (χ1) is 7.24. The first-order valence-corrected chi connectivity index (χ1v) is 5.46. The highest BCUT2D eigenvalue weighted by atomic mass is 35.5. The van der Waals surface area contributed by atoms with Crippen LogP contribution in [0.3, 0.4) is 0 Å². The van der Waals surface area contributed by atoms with Gasteiger partial charge in [-0.3, -0.25) is 4.90 Å². The number of nitrogens with zero attached hydrogens (tertiary/aromatic N) is 1. The topological polar surface area (TPSA) is 29.3 Å². The Balaban J connectivity index is 0.00000128. The molecule has 0 aromatic heterocycles. The highest BCUT2D eigenvalue weighted by molar-refractivity contribution is 5.85. The zero-order valence-electron chi connectivity index (χ0n) is 9.23. The van der Waals surface area contributed by atoms with Crippen LogP contribution in [0, 0.1) is 5.82 Å². The monoisotopic (exact) mass is 244 g/mol. The number of rotatable bonds is 2. The van der Waals surface area contributed by atoms with Crippen LogP contribution < -0.4 is 5.73 Å². The van der Waals surface area contributed by atoms with Crippen molar-refractivity contribution < 1.29 is 4.39 Å². The van der Waals surface area contributed by atoms with E-state index in [0.29, 0.717) is 6.04 Å². The Morgan fingerprint density at radius 1 is 1.31 bits per heavy atom. The minimum Gasteiger partial charge on any atom is -0.327 e. The number of likely N-dealkylation sites (tertiary alicyclic amines) is 1. The molecule has 1 aliphatic heterocycles. The van der Waals surface area contributed by atoms with E-state index in [1.165, 1.54) is 18.6 Å². The molecule has 0 spiro atoms. The number of hydrogen-bond donors (Lipinski definition) is 1. The number of hydrogen-bond acceptors (Lipinski definition) is 2. The van der Waals surface area contributed by atoms with E-state index in [0.717, 1.165) is 31.6 Å². The number of halogens is 2. The lowest BCUT2D eigenvalue weighted by atomic mass is 10.1. The molecule has 16 heavy (non-hydrogen) atoms. The van der Waals surface area contributed by atoms with Gasteiger partial charge in [-0.2, -0.15) is 0 Å². The third-order valence-corrected chi connectivity index (χ3v) is 2.86. The van der Waals surface area contributed by atoms with Crippen LogP contribution in [0.25, 0.3) is 0 Å². The van der Waals surface area contributed by atoms with Crippen LogP contribution >= 0.6 is 12.4 Å². The fourth-order valence-electron chi connectivity index (χ4n) is 2.08. The molecular weight excluding hydrogens is 227 g/mol. The Morgan fingerprint density at radius 2 is 2.00 bits per heavy atom. The van der Waals surface area contributed by atoms with Crippen LogP contribution in [0.2, 0.25) is 0 Å². The van der Waals surface area contributed by atoms with Gasteiger partial charge >= 0.3 is 0 Å². The fourth-order valence-corrected chi connectivity index (χ4v) is 2.08. The summed E-state index contributed by atoms with van der Waals surface area (Å²) >= 11 is 0. The summed E-state index contributed by atoms with van der Waals surface area (Å²) in [5.74, 6) is -0.172. The molecule has 0 bridgehead atoms. The summed E-state index contributed by atoms with van der Waals surface area (Å²) in [6.45, 7) is 2.94. The van der Waals surface area contributed by atoms with Gasteiger partial charge in [-0.15, -0.1) is 12.4 Å². The quantitative estimate of drug-likeness (QED) is 0.864. The lowest BCUT2D eigenvalue weighted by Crippen LogP contribution is -2.42. The Hall–Kier alpha value is -0.640. The summed E-state index contributed by atoms with van der Waals surface area (Å²) in [4.78, 5) is 2.33. The Bertz CT molecular complexity index is 315. The smallest absolute Gasteiger partial charge is 0.123 e. The standard InChI is InChI=1S/C12H17FN2.ClH/c13-11-5-3-10(4-6-11)8-15-7-1-2-12(14)9-15;/h3-6,12H,1-2,7-9,14H2;1H/t12-;/m1./s1. The molecule has 2 nitrogen and oxygen atoms in total. The molecule has 0 saturated carbocycles. The van der Waals surface area contributed by atoms with Crippen molar-refractivity contribution in [3.63, 3.8) is 0 Å². The zero-order chi connectivity index (χ0) is 10.7. The van der Waals surface area contributed by atoms with E-state index in [-0.39, 0.29) is 18.2 Å². The summed E-state index contributed by atoms with van der Waals surface area (Å²) in [5, 5.41) is 0. The average molecular weight is 245 g/mol. The van der Waals surface area contributed by atoms with E-state index in [2.05, 4.69) is 4.90 Å². The highest BCUT2D eigenvalue weighted by Gasteiger charge is 2.16. The van der Waals surface area contributed by atoms with Crippen LogP contribution in [-0.4, -0.2) is 24.0 Å². The van der Waals surface area contributed by atoms with E-state index in [1.807, 2.05) is 12.1 Å². The van der Waals surface area contributed by atoms with Crippen LogP contribution in [0.4, 0.5) is 4.39 Å². The van der Waals surface area contributed by atoms with Crippen molar-refractivity contribution in [1.29, 1.82) is 0 Å². The largest absolute Gasteiger partial charge is 0.327 e. The van der Waals surface area contributed by atoms with Gasteiger partial charge in [0.05, 0.1) is 0 Å². The Kier molecular flexibility index (Phi) is 5.19. The first kappa shape index (κ1) is 13.4. The second kappa shape index (κ2) is 6.18. The maximum Gasteiger partial charge on any atom is 0.123 e. The van der Waals surface area contributed by atoms with Gasteiger partial charge in [-0.25, -0.2) is 4.39 Å². The summed E-state index contributed by atoms with van der Waals surface area (Å²) in [6.07, 6.45) is 2.29. The summed E-state index contributed by atoms with van der Waals surface area (Å²) in [7, 11) is 0. The molecule has 2 rings (SSSR count). The molecule has 1 fully saturated rings. The SMILES string of the molecule is Cl.N[C@@H]1CCCN(Cc2ccc(F)cc2)C1. The van der Waals surface area contributed by atoms with Gasteiger partial charge in [0.25, 0.3) is 0 Å². The van der Waals surface area contributed by atoms with E-state index in [9.17, 15) is 4.39 Å². The average Bonchev–Trinajstić information content (AvgIpc) is 2.22. The predicted molar refractivity (Wildman–Crippen MR) is 66.1 cm³/mol. The second-order valence-electron chi connectivity index (χ2n) is 4.26. The maximum atomic E-state index is 12.7. The van der Waals surface area contributed by atoms with Crippen molar-refractivity contribution in [2.24, 2.45) is 5.73 Å². The van der Waals surface area contributed by atoms with E-state index in [4.69, 9.17) is 5.73 Å². The van der Waals surface area contributed by atoms with Gasteiger partial charge in [0.15, 0.2) is 0 Å². The zero-order valence-corrected chi connectivity index (χ0v) is 10.0. The summed E-state index contributed by atoms with van der Waals surface area (Å²) < 4.78 is 12.7. The maximum absolute atomic E-state index is 12.7. The number of nitrogens with two attached hydrogens (primary N) is 1. The number of benzene rings is 1. The Labute approximate surface area is 102 Å². The molecule has 1 aromatic rings. The lowest BCUT2D eigenvalue weighted by molar-refractivity contribution is 0.201. The molecule has 90 valence electrons. The molecule has 1 aliphatic rings. The molecule has 2 N–H and O–H groups in total. The van der Waals surface area contributed by atoms with Crippen LogP contribution in [0.1, 0.15) is 18.4 Å². The summed E-state index contributed by atoms with van der Waals surface area (Å²) in [5.41, 5.74) is 7.06. The highest BCUT2D eigenvalue weighted by Crippen LogP contribution is 2.12. The van der Waals surface area contributed by atoms with Crippen LogP contribution in [-0.2, 0) is 6.54 Å². The van der Waals surface area contributed by atoms with E-state index in [1.54, 1.807) is 0 Å². The van der Waals surface area contributed by atoms with Crippen LogP contribution in [0.5, 0.6) is 0 Å². The molecule has 1 heterocycles. The fraction of sp³-hybridized carbons (Fsp3) is 0.500. The normalized spacial score (nSPS) is 21.5. The van der Waals surface area contributed by atoms with Gasteiger partial charge in [-0.1, -0.05) is 12.1 Å². The third kappa shape index (κ3) is 3.74. The summed E-state index contributed by atoms with van der Waals surface area (Å²) in [6, 6.07) is 7.02. The van der Waals surface area contributed by atoms with E-state index < -0.39 is 0 Å². The molecule has 0 amide bonds. The van der Waals surface area contributed by atoms with Gasteiger partial charge in [0.2, 0.25) is 0 Å². The Morgan fingerprint density at radius 3 is 2.62 bits per heavy atom. The molecule has 1 atom stereocenters. The molecular formula is C12H18ClFN2. The van der Waals surface area contributed by atoms with Gasteiger partial charge in [0, 0.05) is 19.1 Å². The van der Waals surface area contributed by atoms with Gasteiger partial charge in [-0.05, 0) is 37.1 Å². The molecule has 0 radical (unpaired) electrons. The van der Waals surface area contributed by atoms with Crippen LogP contribution in [0.15, 0.2) is 24.3 Å². The molecule has 1 aromatic carbocycles. The molecule has 0 aliphatic carbocycles. The molecule has 1 saturated heterocycles.